The zero-order valence-corrected chi connectivity index (χ0v) is 14.4. The summed E-state index contributed by atoms with van der Waals surface area (Å²) in [7, 11) is 1.30. The average Bonchev–Trinajstić information content (AvgIpc) is 2.54. The smallest absolute Gasteiger partial charge is 0.341 e. The Morgan fingerprint density at radius 3 is 1.87 bits per heavy atom. The number of hydrogen-bond acceptors (Lipinski definition) is 5. The summed E-state index contributed by atoms with van der Waals surface area (Å²) in [6, 6.07) is 3.12. The van der Waals surface area contributed by atoms with E-state index in [1.165, 1.54) is 20.1 Å². The molecule has 5 nitrogen and oxygen atoms in total. The van der Waals surface area contributed by atoms with Gasteiger partial charge in [0.15, 0.2) is 5.78 Å². The van der Waals surface area contributed by atoms with Gasteiger partial charge in [0.25, 0.3) is 0 Å². The molecule has 0 aliphatic heterocycles. The molecule has 0 aliphatic rings. The van der Waals surface area contributed by atoms with Gasteiger partial charge in [-0.2, -0.15) is 0 Å². The lowest BCUT2D eigenvalue weighted by Gasteiger charge is -2.15. The third-order valence-corrected chi connectivity index (χ3v) is 3.38. The van der Waals surface area contributed by atoms with Crippen molar-refractivity contribution in [3.05, 3.63) is 23.3 Å². The van der Waals surface area contributed by atoms with E-state index in [1.807, 2.05) is 0 Å². The van der Waals surface area contributed by atoms with Gasteiger partial charge in [0.1, 0.15) is 17.1 Å². The number of ether oxygens (including phenoxy) is 3. The molecule has 128 valence electrons. The summed E-state index contributed by atoms with van der Waals surface area (Å²) in [6.07, 6.45) is 3.75. The lowest BCUT2D eigenvalue weighted by atomic mass is 10.1. The van der Waals surface area contributed by atoms with E-state index in [0.29, 0.717) is 30.3 Å². The van der Waals surface area contributed by atoms with Gasteiger partial charge < -0.3 is 14.2 Å². The number of methoxy groups -OCH3 is 1. The Morgan fingerprint density at radius 1 is 0.913 bits per heavy atom. The lowest BCUT2D eigenvalue weighted by molar-refractivity contribution is 0.0596. The average molecular weight is 322 g/mol. The molecule has 0 radical (unpaired) electrons. The Hall–Kier alpha value is -2.04. The first-order valence-electron chi connectivity index (χ1n) is 8.08. The summed E-state index contributed by atoms with van der Waals surface area (Å²) >= 11 is 0. The fraction of sp³-hybridized carbons (Fsp3) is 0.556. The second kappa shape index (κ2) is 9.87. The monoisotopic (exact) mass is 322 g/mol. The Bertz CT molecular complexity index is 536. The van der Waals surface area contributed by atoms with Crippen LogP contribution in [0.5, 0.6) is 11.5 Å². The van der Waals surface area contributed by atoms with Crippen LogP contribution in [0.4, 0.5) is 0 Å². The molecule has 0 bridgehead atoms. The zero-order valence-electron chi connectivity index (χ0n) is 14.4. The minimum atomic E-state index is -0.529. The van der Waals surface area contributed by atoms with Crippen LogP contribution >= 0.6 is 0 Å². The summed E-state index contributed by atoms with van der Waals surface area (Å²) in [4.78, 5) is 23.8. The minimum absolute atomic E-state index is 0.165. The van der Waals surface area contributed by atoms with Crippen LogP contribution in [-0.2, 0) is 4.74 Å². The summed E-state index contributed by atoms with van der Waals surface area (Å²) in [5, 5.41) is 0. The molecule has 5 heteroatoms. The predicted octanol–water partition coefficient (Wildman–Crippen LogP) is 4.03. The van der Waals surface area contributed by atoms with E-state index in [2.05, 4.69) is 13.8 Å². The van der Waals surface area contributed by atoms with E-state index in [1.54, 1.807) is 6.07 Å². The third-order valence-electron chi connectivity index (χ3n) is 3.38. The number of hydrogen-bond donors (Lipinski definition) is 0. The summed E-state index contributed by atoms with van der Waals surface area (Å²) in [6.45, 7) is 6.58. The van der Waals surface area contributed by atoms with Crippen LogP contribution in [0.15, 0.2) is 12.1 Å². The first-order valence-corrected chi connectivity index (χ1v) is 8.08. The molecule has 0 unspecified atom stereocenters. The number of benzene rings is 1. The van der Waals surface area contributed by atoms with E-state index >= 15 is 0 Å². The minimum Gasteiger partial charge on any atom is -0.493 e. The van der Waals surface area contributed by atoms with Crippen LogP contribution in [0.2, 0.25) is 0 Å². The van der Waals surface area contributed by atoms with Gasteiger partial charge in [-0.25, -0.2) is 4.79 Å². The highest BCUT2D eigenvalue weighted by molar-refractivity contribution is 6.01. The first-order chi connectivity index (χ1) is 11.0. The molecule has 0 aromatic heterocycles. The molecule has 0 aliphatic carbocycles. The van der Waals surface area contributed by atoms with Crippen LogP contribution < -0.4 is 9.47 Å². The number of carbonyl (C=O) groups excluding carboxylic acids is 2. The summed E-state index contributed by atoms with van der Waals surface area (Å²) in [5.41, 5.74) is 0.612. The van der Waals surface area contributed by atoms with Gasteiger partial charge in [-0.15, -0.1) is 0 Å². The molecule has 0 N–H and O–H groups in total. The van der Waals surface area contributed by atoms with E-state index in [9.17, 15) is 9.59 Å². The topological polar surface area (TPSA) is 61.8 Å². The predicted molar refractivity (Wildman–Crippen MR) is 88.6 cm³/mol. The van der Waals surface area contributed by atoms with E-state index < -0.39 is 5.97 Å². The Balaban J connectivity index is 3.19. The van der Waals surface area contributed by atoms with Gasteiger partial charge in [0.2, 0.25) is 0 Å². The van der Waals surface area contributed by atoms with Gasteiger partial charge in [0, 0.05) is 6.07 Å². The number of esters is 1. The Labute approximate surface area is 137 Å². The largest absolute Gasteiger partial charge is 0.493 e. The van der Waals surface area contributed by atoms with Gasteiger partial charge in [-0.05, 0) is 25.8 Å². The van der Waals surface area contributed by atoms with Gasteiger partial charge in [-0.3, -0.25) is 4.79 Å². The zero-order chi connectivity index (χ0) is 17.2. The van der Waals surface area contributed by atoms with Crippen LogP contribution in [0, 0.1) is 0 Å². The molecule has 0 saturated heterocycles. The molecular weight excluding hydrogens is 296 g/mol. The fourth-order valence-corrected chi connectivity index (χ4v) is 2.00. The molecule has 0 heterocycles. The normalized spacial score (nSPS) is 10.3. The molecule has 0 fully saturated rings. The number of carbonyl (C=O) groups is 2. The molecule has 0 saturated carbocycles. The van der Waals surface area contributed by atoms with Gasteiger partial charge in [-0.1, -0.05) is 26.7 Å². The molecule has 0 spiro atoms. The third kappa shape index (κ3) is 5.58. The SMILES string of the molecule is CCCCOc1cc(OCCCC)c(C(=O)OC)cc1C(C)=O. The number of ketones is 1. The molecule has 0 amide bonds. The van der Waals surface area contributed by atoms with Gasteiger partial charge >= 0.3 is 5.97 Å². The Kier molecular flexibility index (Phi) is 8.16. The van der Waals surface area contributed by atoms with E-state index in [0.717, 1.165) is 25.7 Å². The van der Waals surface area contributed by atoms with Crippen molar-refractivity contribution in [3.8, 4) is 11.5 Å². The maximum absolute atomic E-state index is 12.0. The maximum atomic E-state index is 12.0. The van der Waals surface area contributed by atoms with Crippen LogP contribution in [0.3, 0.4) is 0 Å². The van der Waals surface area contributed by atoms with Crippen molar-refractivity contribution < 1.29 is 23.8 Å². The summed E-state index contributed by atoms with van der Waals surface area (Å²) < 4.78 is 16.2. The number of rotatable bonds is 10. The van der Waals surface area contributed by atoms with Crippen LogP contribution in [0.1, 0.15) is 67.2 Å². The number of Topliss-reactive ketones (excluding diaryl/α,β-unsaturated/α-hetero) is 1. The maximum Gasteiger partial charge on any atom is 0.341 e. The first kappa shape index (κ1) is 19.0. The molecular formula is C18H26O5. The quantitative estimate of drug-likeness (QED) is 0.370. The van der Waals surface area contributed by atoms with Crippen molar-refractivity contribution in [1.29, 1.82) is 0 Å². The highest BCUT2D eigenvalue weighted by atomic mass is 16.5. The highest BCUT2D eigenvalue weighted by Gasteiger charge is 2.20. The van der Waals surface area contributed by atoms with Crippen molar-refractivity contribution in [2.75, 3.05) is 20.3 Å². The second-order valence-corrected chi connectivity index (χ2v) is 5.30. The van der Waals surface area contributed by atoms with E-state index in [4.69, 9.17) is 14.2 Å². The lowest BCUT2D eigenvalue weighted by Crippen LogP contribution is -2.11. The molecule has 1 rings (SSSR count). The van der Waals surface area contributed by atoms with E-state index in [-0.39, 0.29) is 11.3 Å². The van der Waals surface area contributed by atoms with Crippen LogP contribution in [0.25, 0.3) is 0 Å². The molecule has 23 heavy (non-hydrogen) atoms. The summed E-state index contributed by atoms with van der Waals surface area (Å²) in [5.74, 6) is 0.146. The second-order valence-electron chi connectivity index (χ2n) is 5.30. The molecule has 0 atom stereocenters. The molecule has 1 aromatic carbocycles. The number of unbranched alkanes of at least 4 members (excludes halogenated alkanes) is 2. The standard InChI is InChI=1S/C18H26O5/c1-5-7-9-22-16-12-17(23-10-8-6-2)15(18(20)21-4)11-14(16)13(3)19/h11-12H,5-10H2,1-4H3. The van der Waals surface area contributed by atoms with Crippen molar-refractivity contribution in [3.63, 3.8) is 0 Å². The van der Waals surface area contributed by atoms with Crippen molar-refractivity contribution in [1.82, 2.24) is 0 Å². The Morgan fingerprint density at radius 2 is 1.43 bits per heavy atom. The van der Waals surface area contributed by atoms with Crippen LogP contribution in [-0.4, -0.2) is 32.1 Å². The van der Waals surface area contributed by atoms with Crippen molar-refractivity contribution in [2.24, 2.45) is 0 Å². The van der Waals surface area contributed by atoms with Gasteiger partial charge in [0.05, 0.1) is 25.9 Å². The fourth-order valence-electron chi connectivity index (χ4n) is 2.00. The molecule has 1 aromatic rings. The highest BCUT2D eigenvalue weighted by Crippen LogP contribution is 2.31. The van der Waals surface area contributed by atoms with Crippen molar-refractivity contribution in [2.45, 2.75) is 46.5 Å². The van der Waals surface area contributed by atoms with Crippen molar-refractivity contribution >= 4 is 11.8 Å².